The fraction of sp³-hybridized carbons (Fsp3) is 0.611. The molecule has 0 aliphatic carbocycles. The molecule has 1 N–H and O–H groups in total. The SMILES string of the molecule is CC(C)N(CCNC(=O)[C@H](C)OCc1ccccc1)C(C)C. The monoisotopic (exact) mass is 306 g/mol. The Balaban J connectivity index is 2.29. The molecule has 1 aromatic rings. The Bertz CT molecular complexity index is 424. The van der Waals surface area contributed by atoms with Crippen molar-refractivity contribution in [2.75, 3.05) is 13.1 Å². The fourth-order valence-corrected chi connectivity index (χ4v) is 2.44. The number of ether oxygens (including phenoxy) is 1. The summed E-state index contributed by atoms with van der Waals surface area (Å²) >= 11 is 0. The van der Waals surface area contributed by atoms with Crippen molar-refractivity contribution < 1.29 is 9.53 Å². The molecule has 1 amide bonds. The van der Waals surface area contributed by atoms with Crippen LogP contribution in [0.25, 0.3) is 0 Å². The van der Waals surface area contributed by atoms with Crippen LogP contribution in [0.1, 0.15) is 40.2 Å². The molecule has 0 bridgehead atoms. The summed E-state index contributed by atoms with van der Waals surface area (Å²) in [7, 11) is 0. The van der Waals surface area contributed by atoms with Gasteiger partial charge in [0.15, 0.2) is 0 Å². The van der Waals surface area contributed by atoms with Gasteiger partial charge in [-0.1, -0.05) is 30.3 Å². The van der Waals surface area contributed by atoms with Crippen LogP contribution < -0.4 is 5.32 Å². The van der Waals surface area contributed by atoms with E-state index in [1.807, 2.05) is 30.3 Å². The quantitative estimate of drug-likeness (QED) is 0.763. The molecular weight excluding hydrogens is 276 g/mol. The normalized spacial score (nSPS) is 12.9. The average Bonchev–Trinajstić information content (AvgIpc) is 2.49. The molecule has 0 fully saturated rings. The summed E-state index contributed by atoms with van der Waals surface area (Å²) in [5, 5.41) is 2.95. The number of rotatable bonds is 9. The van der Waals surface area contributed by atoms with Gasteiger partial charge in [0.2, 0.25) is 5.91 Å². The first-order chi connectivity index (χ1) is 10.4. The van der Waals surface area contributed by atoms with E-state index >= 15 is 0 Å². The first kappa shape index (κ1) is 18.7. The van der Waals surface area contributed by atoms with Crippen LogP contribution in [-0.2, 0) is 16.1 Å². The number of carbonyl (C=O) groups is 1. The van der Waals surface area contributed by atoms with Crippen LogP contribution in [0.3, 0.4) is 0 Å². The fourth-order valence-electron chi connectivity index (χ4n) is 2.44. The van der Waals surface area contributed by atoms with Gasteiger partial charge < -0.3 is 10.1 Å². The van der Waals surface area contributed by atoms with Crippen molar-refractivity contribution in [2.24, 2.45) is 0 Å². The van der Waals surface area contributed by atoms with Gasteiger partial charge in [0.1, 0.15) is 6.10 Å². The number of benzene rings is 1. The largest absolute Gasteiger partial charge is 0.364 e. The van der Waals surface area contributed by atoms with E-state index in [0.717, 1.165) is 12.1 Å². The Hall–Kier alpha value is -1.39. The van der Waals surface area contributed by atoms with Gasteiger partial charge in [0.05, 0.1) is 6.61 Å². The van der Waals surface area contributed by atoms with Crippen molar-refractivity contribution in [2.45, 2.75) is 59.4 Å². The first-order valence-corrected chi connectivity index (χ1v) is 8.10. The van der Waals surface area contributed by atoms with Crippen molar-refractivity contribution >= 4 is 5.91 Å². The van der Waals surface area contributed by atoms with Crippen LogP contribution in [0, 0.1) is 0 Å². The Labute approximate surface area is 134 Å². The number of nitrogens with one attached hydrogen (secondary N) is 1. The zero-order valence-electron chi connectivity index (χ0n) is 14.5. The maximum atomic E-state index is 12.0. The molecule has 4 nitrogen and oxygen atoms in total. The number of amides is 1. The lowest BCUT2D eigenvalue weighted by molar-refractivity contribution is -0.132. The molecule has 1 aromatic carbocycles. The van der Waals surface area contributed by atoms with Crippen LogP contribution in [0.2, 0.25) is 0 Å². The number of hydrogen-bond acceptors (Lipinski definition) is 3. The van der Waals surface area contributed by atoms with Crippen molar-refractivity contribution in [3.8, 4) is 0 Å². The van der Waals surface area contributed by atoms with E-state index in [2.05, 4.69) is 37.9 Å². The average molecular weight is 306 g/mol. The highest BCUT2D eigenvalue weighted by Gasteiger charge is 2.16. The summed E-state index contributed by atoms with van der Waals surface area (Å²) in [6.45, 7) is 12.4. The second-order valence-corrected chi connectivity index (χ2v) is 6.16. The van der Waals surface area contributed by atoms with Gasteiger partial charge in [-0.3, -0.25) is 9.69 Å². The molecule has 0 unspecified atom stereocenters. The third-order valence-corrected chi connectivity index (χ3v) is 3.71. The summed E-state index contributed by atoms with van der Waals surface area (Å²) in [4.78, 5) is 14.4. The standard InChI is InChI=1S/C18H30N2O2/c1-14(2)20(15(3)4)12-11-19-18(21)16(5)22-13-17-9-7-6-8-10-17/h6-10,14-16H,11-13H2,1-5H3,(H,19,21)/t16-/m0/s1. The summed E-state index contributed by atoms with van der Waals surface area (Å²) in [5.41, 5.74) is 1.08. The van der Waals surface area contributed by atoms with Gasteiger partial charge >= 0.3 is 0 Å². The zero-order valence-corrected chi connectivity index (χ0v) is 14.5. The van der Waals surface area contributed by atoms with Crippen molar-refractivity contribution in [3.05, 3.63) is 35.9 Å². The lowest BCUT2D eigenvalue weighted by Gasteiger charge is -2.30. The van der Waals surface area contributed by atoms with E-state index in [1.165, 1.54) is 0 Å². The number of nitrogens with zero attached hydrogens (tertiary/aromatic N) is 1. The topological polar surface area (TPSA) is 41.6 Å². The first-order valence-electron chi connectivity index (χ1n) is 8.10. The van der Waals surface area contributed by atoms with Crippen LogP contribution in [0.15, 0.2) is 30.3 Å². The summed E-state index contributed by atoms with van der Waals surface area (Å²) < 4.78 is 5.62. The molecule has 4 heteroatoms. The lowest BCUT2D eigenvalue weighted by Crippen LogP contribution is -2.44. The van der Waals surface area contributed by atoms with E-state index < -0.39 is 6.10 Å². The van der Waals surface area contributed by atoms with Crippen molar-refractivity contribution in [1.82, 2.24) is 10.2 Å². The van der Waals surface area contributed by atoms with Crippen LogP contribution in [0.4, 0.5) is 0 Å². The Morgan fingerprint density at radius 2 is 1.68 bits per heavy atom. The van der Waals surface area contributed by atoms with Crippen molar-refractivity contribution in [3.63, 3.8) is 0 Å². The van der Waals surface area contributed by atoms with Crippen LogP contribution in [0.5, 0.6) is 0 Å². The maximum absolute atomic E-state index is 12.0. The highest BCUT2D eigenvalue weighted by Crippen LogP contribution is 2.05. The van der Waals surface area contributed by atoms with E-state index in [1.54, 1.807) is 6.92 Å². The van der Waals surface area contributed by atoms with Crippen LogP contribution in [-0.4, -0.2) is 42.1 Å². The molecule has 0 aliphatic rings. The summed E-state index contributed by atoms with van der Waals surface area (Å²) in [5.74, 6) is -0.0524. The predicted molar refractivity (Wildman–Crippen MR) is 90.7 cm³/mol. The maximum Gasteiger partial charge on any atom is 0.248 e. The van der Waals surface area contributed by atoms with E-state index in [9.17, 15) is 4.79 Å². The predicted octanol–water partition coefficient (Wildman–Crippen LogP) is 2.83. The van der Waals surface area contributed by atoms with Crippen molar-refractivity contribution in [1.29, 1.82) is 0 Å². The van der Waals surface area contributed by atoms with Gasteiger partial charge in [-0.05, 0) is 40.2 Å². The molecule has 0 aromatic heterocycles. The Kier molecular flexibility index (Phi) is 8.13. The second kappa shape index (κ2) is 9.59. The zero-order chi connectivity index (χ0) is 16.5. The van der Waals surface area contributed by atoms with Gasteiger partial charge in [-0.2, -0.15) is 0 Å². The number of carbonyl (C=O) groups excluding carboxylic acids is 1. The highest BCUT2D eigenvalue weighted by molar-refractivity contribution is 5.80. The van der Waals surface area contributed by atoms with Gasteiger partial charge in [0.25, 0.3) is 0 Å². The molecule has 22 heavy (non-hydrogen) atoms. The molecule has 0 aliphatic heterocycles. The third kappa shape index (κ3) is 6.58. The second-order valence-electron chi connectivity index (χ2n) is 6.16. The third-order valence-electron chi connectivity index (χ3n) is 3.71. The smallest absolute Gasteiger partial charge is 0.248 e. The summed E-state index contributed by atoms with van der Waals surface area (Å²) in [6, 6.07) is 10.8. The minimum Gasteiger partial charge on any atom is -0.364 e. The molecular formula is C18H30N2O2. The van der Waals surface area contributed by atoms with Gasteiger partial charge in [-0.15, -0.1) is 0 Å². The van der Waals surface area contributed by atoms with Crippen LogP contribution >= 0.6 is 0 Å². The lowest BCUT2D eigenvalue weighted by atomic mass is 10.2. The highest BCUT2D eigenvalue weighted by atomic mass is 16.5. The van der Waals surface area contributed by atoms with Gasteiger partial charge in [-0.25, -0.2) is 0 Å². The number of hydrogen-bond donors (Lipinski definition) is 1. The minimum atomic E-state index is -0.438. The molecule has 0 saturated carbocycles. The molecule has 0 saturated heterocycles. The Morgan fingerprint density at radius 1 is 1.09 bits per heavy atom. The molecule has 1 atom stereocenters. The molecule has 0 spiro atoms. The van der Waals surface area contributed by atoms with Gasteiger partial charge in [0, 0.05) is 25.2 Å². The molecule has 1 rings (SSSR count). The van der Waals surface area contributed by atoms with E-state index in [4.69, 9.17) is 4.74 Å². The molecule has 0 heterocycles. The summed E-state index contributed by atoms with van der Waals surface area (Å²) in [6.07, 6.45) is -0.438. The molecule has 0 radical (unpaired) electrons. The minimum absolute atomic E-state index is 0.0524. The van der Waals surface area contributed by atoms with E-state index in [0.29, 0.717) is 25.2 Å². The van der Waals surface area contributed by atoms with E-state index in [-0.39, 0.29) is 5.91 Å². The molecule has 124 valence electrons. The Morgan fingerprint density at radius 3 is 2.23 bits per heavy atom.